The zero-order valence-electron chi connectivity index (χ0n) is 18.0. The number of pyridine rings is 1. The molecule has 4 aromatic rings. The molecule has 1 aliphatic heterocycles. The highest BCUT2D eigenvalue weighted by atomic mass is 19.1. The Morgan fingerprint density at radius 2 is 2.12 bits per heavy atom. The molecular formula is C23H24FN7O. The molecule has 0 radical (unpaired) electrons. The standard InChI is InChI=1S/C23H24FN7O/c1-26-22-20-21(29(2)13-27-20)18-10-19(15-7-14(11-25)8-16(24)9-15)31(23(18)28-22)6-5-30-4-3-17(32)12-30/h7-10,13,17,32H,3-6,12H2,1-2H3,(H,26,28). The van der Waals surface area contributed by atoms with E-state index >= 15 is 0 Å². The van der Waals surface area contributed by atoms with E-state index in [0.717, 1.165) is 47.3 Å². The summed E-state index contributed by atoms with van der Waals surface area (Å²) in [5, 5.41) is 23.3. The van der Waals surface area contributed by atoms with Crippen molar-refractivity contribution in [2.45, 2.75) is 19.1 Å². The number of nitrogens with zero attached hydrogens (tertiary/aromatic N) is 6. The van der Waals surface area contributed by atoms with Crippen molar-refractivity contribution in [2.75, 3.05) is 32.0 Å². The Kier molecular flexibility index (Phi) is 5.04. The molecule has 1 saturated heterocycles. The normalized spacial score (nSPS) is 16.8. The van der Waals surface area contributed by atoms with Gasteiger partial charge in [0.05, 0.1) is 35.3 Å². The van der Waals surface area contributed by atoms with Crippen LogP contribution in [-0.4, -0.2) is 61.9 Å². The first-order valence-corrected chi connectivity index (χ1v) is 10.6. The van der Waals surface area contributed by atoms with Crippen LogP contribution in [0, 0.1) is 17.1 Å². The summed E-state index contributed by atoms with van der Waals surface area (Å²) in [6, 6.07) is 8.43. The molecule has 1 aromatic carbocycles. The summed E-state index contributed by atoms with van der Waals surface area (Å²) in [4.78, 5) is 11.6. The van der Waals surface area contributed by atoms with Crippen molar-refractivity contribution >= 4 is 27.9 Å². The van der Waals surface area contributed by atoms with Crippen molar-refractivity contribution in [2.24, 2.45) is 7.05 Å². The number of aliphatic hydroxyl groups excluding tert-OH is 1. The van der Waals surface area contributed by atoms with Gasteiger partial charge in [-0.15, -0.1) is 0 Å². The van der Waals surface area contributed by atoms with Crippen LogP contribution in [-0.2, 0) is 13.6 Å². The second-order valence-electron chi connectivity index (χ2n) is 8.27. The van der Waals surface area contributed by atoms with E-state index in [9.17, 15) is 14.8 Å². The number of nitriles is 1. The monoisotopic (exact) mass is 433 g/mol. The van der Waals surface area contributed by atoms with Gasteiger partial charge in [0, 0.05) is 51.2 Å². The molecule has 164 valence electrons. The lowest BCUT2D eigenvalue weighted by Gasteiger charge is -2.18. The van der Waals surface area contributed by atoms with Crippen molar-refractivity contribution in [3.05, 3.63) is 42.0 Å². The van der Waals surface area contributed by atoms with Crippen molar-refractivity contribution in [1.29, 1.82) is 5.26 Å². The summed E-state index contributed by atoms with van der Waals surface area (Å²) in [7, 11) is 3.75. The average Bonchev–Trinajstić information content (AvgIpc) is 3.48. The highest BCUT2D eigenvalue weighted by Gasteiger charge is 2.23. The number of aliphatic hydroxyl groups is 1. The fourth-order valence-electron chi connectivity index (χ4n) is 4.61. The molecule has 0 bridgehead atoms. The van der Waals surface area contributed by atoms with Gasteiger partial charge in [0.2, 0.25) is 0 Å². The minimum absolute atomic E-state index is 0.272. The summed E-state index contributed by atoms with van der Waals surface area (Å²) in [6.07, 6.45) is 2.23. The molecule has 0 aliphatic carbocycles. The summed E-state index contributed by atoms with van der Waals surface area (Å²) >= 11 is 0. The predicted octanol–water partition coefficient (Wildman–Crippen LogP) is 2.71. The predicted molar refractivity (Wildman–Crippen MR) is 121 cm³/mol. The van der Waals surface area contributed by atoms with Gasteiger partial charge >= 0.3 is 0 Å². The van der Waals surface area contributed by atoms with Gasteiger partial charge < -0.3 is 19.6 Å². The van der Waals surface area contributed by atoms with Crippen molar-refractivity contribution in [3.63, 3.8) is 0 Å². The molecule has 32 heavy (non-hydrogen) atoms. The molecule has 3 aromatic heterocycles. The number of nitrogens with one attached hydrogen (secondary N) is 1. The van der Waals surface area contributed by atoms with Gasteiger partial charge in [-0.1, -0.05) is 0 Å². The van der Waals surface area contributed by atoms with Crippen molar-refractivity contribution in [1.82, 2.24) is 24.0 Å². The molecule has 0 saturated carbocycles. The largest absolute Gasteiger partial charge is 0.392 e. The number of anilines is 1. The Labute approximate surface area is 184 Å². The summed E-state index contributed by atoms with van der Waals surface area (Å²) in [5.74, 6) is 0.223. The van der Waals surface area contributed by atoms with Gasteiger partial charge in [-0.3, -0.25) is 4.90 Å². The van der Waals surface area contributed by atoms with E-state index < -0.39 is 5.82 Å². The Hall–Kier alpha value is -3.48. The van der Waals surface area contributed by atoms with Crippen molar-refractivity contribution < 1.29 is 9.50 Å². The fraction of sp³-hybridized carbons (Fsp3) is 0.348. The number of hydrogen-bond donors (Lipinski definition) is 2. The highest BCUT2D eigenvalue weighted by molar-refractivity contribution is 6.07. The number of hydrogen-bond acceptors (Lipinski definition) is 6. The number of fused-ring (bicyclic) bond motifs is 3. The molecule has 0 amide bonds. The minimum Gasteiger partial charge on any atom is -0.392 e. The van der Waals surface area contributed by atoms with Crippen LogP contribution in [0.25, 0.3) is 33.3 Å². The van der Waals surface area contributed by atoms with Gasteiger partial charge in [-0.05, 0) is 30.7 Å². The Morgan fingerprint density at radius 1 is 1.28 bits per heavy atom. The van der Waals surface area contributed by atoms with Gasteiger partial charge in [0.1, 0.15) is 17.0 Å². The van der Waals surface area contributed by atoms with E-state index in [1.54, 1.807) is 12.4 Å². The van der Waals surface area contributed by atoms with E-state index in [4.69, 9.17) is 4.98 Å². The van der Waals surface area contributed by atoms with Crippen LogP contribution >= 0.6 is 0 Å². The highest BCUT2D eigenvalue weighted by Crippen LogP contribution is 2.35. The van der Waals surface area contributed by atoms with Crippen molar-refractivity contribution in [3.8, 4) is 17.3 Å². The SMILES string of the molecule is CNc1nc2c(cc(-c3cc(F)cc(C#N)c3)n2CCN2CCC(O)C2)c2c1ncn2C. The lowest BCUT2D eigenvalue weighted by molar-refractivity contribution is 0.175. The molecule has 9 heteroatoms. The van der Waals surface area contributed by atoms with E-state index in [2.05, 4.69) is 19.8 Å². The molecule has 4 heterocycles. The third-order valence-electron chi connectivity index (χ3n) is 6.15. The second-order valence-corrected chi connectivity index (χ2v) is 8.27. The van der Waals surface area contributed by atoms with E-state index in [1.165, 1.54) is 12.1 Å². The molecular weight excluding hydrogens is 409 g/mol. The van der Waals surface area contributed by atoms with Crippen LogP contribution in [0.3, 0.4) is 0 Å². The van der Waals surface area contributed by atoms with Gasteiger partial charge in [0.15, 0.2) is 5.82 Å². The average molecular weight is 433 g/mol. The third-order valence-corrected chi connectivity index (χ3v) is 6.15. The molecule has 2 N–H and O–H groups in total. The molecule has 0 spiro atoms. The van der Waals surface area contributed by atoms with Crippen LogP contribution in [0.5, 0.6) is 0 Å². The first-order chi connectivity index (χ1) is 15.5. The van der Waals surface area contributed by atoms with Gasteiger partial charge in [-0.25, -0.2) is 14.4 Å². The number of likely N-dealkylation sites (tertiary alicyclic amines) is 1. The Bertz CT molecular complexity index is 1370. The molecule has 1 unspecified atom stereocenters. The zero-order valence-corrected chi connectivity index (χ0v) is 18.0. The van der Waals surface area contributed by atoms with Crippen LogP contribution in [0.1, 0.15) is 12.0 Å². The molecule has 1 aliphatic rings. The maximum atomic E-state index is 14.3. The number of rotatable bonds is 5. The first kappa shape index (κ1) is 20.4. The van der Waals surface area contributed by atoms with Gasteiger partial charge in [-0.2, -0.15) is 5.26 Å². The smallest absolute Gasteiger partial charge is 0.156 e. The topological polar surface area (TPSA) is 94.9 Å². The minimum atomic E-state index is -0.451. The molecule has 8 nitrogen and oxygen atoms in total. The number of β-amino-alcohol motifs (C(OH)–C–C–N with tert-alkyl or cyclic N) is 1. The van der Waals surface area contributed by atoms with Crippen LogP contribution in [0.2, 0.25) is 0 Å². The summed E-state index contributed by atoms with van der Waals surface area (Å²) < 4.78 is 18.3. The number of halogens is 1. The van der Waals surface area contributed by atoms with Gasteiger partial charge in [0.25, 0.3) is 0 Å². The summed E-state index contributed by atoms with van der Waals surface area (Å²) in [5.41, 5.74) is 4.16. The quantitative estimate of drug-likeness (QED) is 0.503. The maximum absolute atomic E-state index is 14.3. The van der Waals surface area contributed by atoms with Crippen LogP contribution in [0.4, 0.5) is 10.2 Å². The van der Waals surface area contributed by atoms with E-state index in [1.807, 2.05) is 30.8 Å². The third kappa shape index (κ3) is 3.38. The Balaban J connectivity index is 1.72. The number of imidazole rings is 1. The van der Waals surface area contributed by atoms with E-state index in [0.29, 0.717) is 24.5 Å². The fourth-order valence-corrected chi connectivity index (χ4v) is 4.61. The zero-order chi connectivity index (χ0) is 22.4. The summed E-state index contributed by atoms with van der Waals surface area (Å²) in [6.45, 7) is 2.83. The molecule has 1 fully saturated rings. The molecule has 5 rings (SSSR count). The Morgan fingerprint density at radius 3 is 2.84 bits per heavy atom. The van der Waals surface area contributed by atoms with Crippen LogP contribution in [0.15, 0.2) is 30.6 Å². The van der Waals surface area contributed by atoms with E-state index in [-0.39, 0.29) is 11.7 Å². The van der Waals surface area contributed by atoms with Crippen LogP contribution < -0.4 is 5.32 Å². The second kappa shape index (κ2) is 7.89. The molecule has 1 atom stereocenters. The lowest BCUT2D eigenvalue weighted by atomic mass is 10.1. The number of aryl methyl sites for hydroxylation is 1. The number of benzene rings is 1. The number of aromatic nitrogens is 4. The lowest BCUT2D eigenvalue weighted by Crippen LogP contribution is -2.26. The maximum Gasteiger partial charge on any atom is 0.156 e. The first-order valence-electron chi connectivity index (χ1n) is 10.6.